The Balaban J connectivity index is 1.65. The van der Waals surface area contributed by atoms with Gasteiger partial charge in [-0.3, -0.25) is 4.79 Å². The molecule has 0 spiro atoms. The Morgan fingerprint density at radius 2 is 1.67 bits per heavy atom. The fourth-order valence-corrected chi connectivity index (χ4v) is 6.34. The van der Waals surface area contributed by atoms with E-state index in [0.29, 0.717) is 30.5 Å². The van der Waals surface area contributed by atoms with Gasteiger partial charge in [-0.05, 0) is 68.9 Å². The Morgan fingerprint density at radius 3 is 2.24 bits per heavy atom. The molecule has 0 radical (unpaired) electrons. The molecule has 0 saturated carbocycles. The van der Waals surface area contributed by atoms with Gasteiger partial charge in [-0.1, -0.05) is 20.8 Å². The summed E-state index contributed by atoms with van der Waals surface area (Å²) in [4.78, 5) is 25.2. The molecule has 0 aliphatic carbocycles. The first-order valence-electron chi connectivity index (χ1n) is 11.5. The number of hydrogen-bond acceptors (Lipinski definition) is 5. The van der Waals surface area contributed by atoms with Gasteiger partial charge in [-0.25, -0.2) is 13.2 Å². The number of ether oxygens (including phenoxy) is 1. The maximum atomic E-state index is 13.0. The highest BCUT2D eigenvalue weighted by Gasteiger charge is 2.31. The third kappa shape index (κ3) is 5.55. The van der Waals surface area contributed by atoms with E-state index in [1.807, 2.05) is 19.9 Å². The molecule has 1 saturated heterocycles. The first kappa shape index (κ1) is 25.2. The van der Waals surface area contributed by atoms with Crippen molar-refractivity contribution in [2.24, 2.45) is 11.8 Å². The first-order valence-corrected chi connectivity index (χ1v) is 13.0. The van der Waals surface area contributed by atoms with Crippen molar-refractivity contribution in [2.45, 2.75) is 58.9 Å². The highest BCUT2D eigenvalue weighted by Crippen LogP contribution is 2.27. The molecule has 8 heteroatoms. The number of rotatable bonds is 8. The van der Waals surface area contributed by atoms with Crippen LogP contribution in [0.25, 0.3) is 0 Å². The van der Waals surface area contributed by atoms with Gasteiger partial charge in [0.05, 0.1) is 10.5 Å². The molecule has 2 aromatic rings. The van der Waals surface area contributed by atoms with Crippen LogP contribution in [-0.2, 0) is 21.3 Å². The number of carbonyl (C=O) groups is 2. The zero-order chi connectivity index (χ0) is 24.3. The van der Waals surface area contributed by atoms with Crippen molar-refractivity contribution in [3.63, 3.8) is 0 Å². The van der Waals surface area contributed by atoms with Crippen LogP contribution >= 0.6 is 0 Å². The Hall–Kier alpha value is -2.45. The maximum absolute atomic E-state index is 13.0. The second kappa shape index (κ2) is 10.2. The number of sulfonamides is 1. The maximum Gasteiger partial charge on any atom is 0.338 e. The van der Waals surface area contributed by atoms with E-state index in [0.717, 1.165) is 30.8 Å². The molecule has 0 amide bonds. The number of hydrogen-bond donors (Lipinski definition) is 0. The number of Topliss-reactive ketones (excluding diaryl/α,β-unsaturated/α-hetero) is 1. The summed E-state index contributed by atoms with van der Waals surface area (Å²) in [6, 6.07) is 7.54. The first-order chi connectivity index (χ1) is 15.5. The van der Waals surface area contributed by atoms with Crippen LogP contribution in [0.5, 0.6) is 0 Å². The topological polar surface area (TPSA) is 85.7 Å². The average Bonchev–Trinajstić information content (AvgIpc) is 3.05. The Bertz CT molecular complexity index is 1110. The standard InChI is InChI=1S/C25H34N2O5S/c1-6-11-27-19(4)13-23(20(27)5)24(28)16-32-25(29)21-7-9-22(10-8-21)33(30,31)26-14-17(2)12-18(3)15-26/h7-10,13,17-18H,6,11-12,14-16H2,1-5H3/t17-,18-/m0/s1. The average molecular weight is 475 g/mol. The molecule has 0 bridgehead atoms. The molecule has 1 fully saturated rings. The lowest BCUT2D eigenvalue weighted by molar-refractivity contribution is 0.0474. The lowest BCUT2D eigenvalue weighted by Gasteiger charge is -2.34. The van der Waals surface area contributed by atoms with Crippen molar-refractivity contribution in [1.29, 1.82) is 0 Å². The highest BCUT2D eigenvalue weighted by molar-refractivity contribution is 7.89. The molecule has 1 aromatic heterocycles. The molecular weight excluding hydrogens is 440 g/mol. The molecule has 2 atom stereocenters. The number of nitrogens with zero attached hydrogens (tertiary/aromatic N) is 2. The zero-order valence-corrected chi connectivity index (χ0v) is 20.9. The quantitative estimate of drug-likeness (QED) is 0.422. The van der Waals surface area contributed by atoms with Gasteiger partial charge >= 0.3 is 5.97 Å². The van der Waals surface area contributed by atoms with E-state index in [2.05, 4.69) is 25.3 Å². The van der Waals surface area contributed by atoms with Gasteiger partial charge in [-0.2, -0.15) is 4.31 Å². The van der Waals surface area contributed by atoms with E-state index >= 15 is 0 Å². The van der Waals surface area contributed by atoms with Gasteiger partial charge < -0.3 is 9.30 Å². The van der Waals surface area contributed by atoms with E-state index in [9.17, 15) is 18.0 Å². The fraction of sp³-hybridized carbons (Fsp3) is 0.520. The van der Waals surface area contributed by atoms with E-state index in [-0.39, 0.29) is 22.8 Å². The monoisotopic (exact) mass is 474 g/mol. The third-order valence-electron chi connectivity index (χ3n) is 6.22. The summed E-state index contributed by atoms with van der Waals surface area (Å²) in [6.45, 7) is 11.5. The predicted octanol–water partition coefficient (Wildman–Crippen LogP) is 4.22. The van der Waals surface area contributed by atoms with Crippen molar-refractivity contribution >= 4 is 21.8 Å². The zero-order valence-electron chi connectivity index (χ0n) is 20.1. The summed E-state index contributed by atoms with van der Waals surface area (Å²) in [7, 11) is -3.62. The highest BCUT2D eigenvalue weighted by atomic mass is 32.2. The van der Waals surface area contributed by atoms with E-state index < -0.39 is 16.0 Å². The van der Waals surface area contributed by atoms with E-state index in [4.69, 9.17) is 4.74 Å². The number of piperidine rings is 1. The summed E-state index contributed by atoms with van der Waals surface area (Å²) < 4.78 is 34.8. The molecule has 2 heterocycles. The molecule has 0 N–H and O–H groups in total. The SMILES string of the molecule is CCCn1c(C)cc(C(=O)COC(=O)c2ccc(S(=O)(=O)N3C[C@@H](C)C[C@H](C)C3)cc2)c1C. The number of ketones is 1. The number of benzene rings is 1. The van der Waals surface area contributed by atoms with Crippen LogP contribution in [0, 0.1) is 25.7 Å². The minimum atomic E-state index is -3.62. The molecule has 1 aliphatic rings. The Kier molecular flexibility index (Phi) is 7.80. The van der Waals surface area contributed by atoms with Crippen molar-refractivity contribution in [3.8, 4) is 0 Å². The Labute approximate surface area is 196 Å². The number of carbonyl (C=O) groups excluding carboxylic acids is 2. The molecular formula is C25H34N2O5S. The molecule has 0 unspecified atom stereocenters. The van der Waals surface area contributed by atoms with Gasteiger partial charge in [0.15, 0.2) is 6.61 Å². The Morgan fingerprint density at radius 1 is 1.06 bits per heavy atom. The van der Waals surface area contributed by atoms with Crippen LogP contribution in [0.1, 0.15) is 65.7 Å². The van der Waals surface area contributed by atoms with Crippen LogP contribution in [0.15, 0.2) is 35.2 Å². The molecule has 33 heavy (non-hydrogen) atoms. The van der Waals surface area contributed by atoms with Crippen molar-refractivity contribution < 1.29 is 22.7 Å². The smallest absolute Gasteiger partial charge is 0.338 e. The minimum Gasteiger partial charge on any atom is -0.454 e. The van der Waals surface area contributed by atoms with Gasteiger partial charge in [0.2, 0.25) is 15.8 Å². The van der Waals surface area contributed by atoms with Gasteiger partial charge in [0.25, 0.3) is 0 Å². The number of aryl methyl sites for hydroxylation is 1. The van der Waals surface area contributed by atoms with Crippen LogP contribution in [0.3, 0.4) is 0 Å². The number of esters is 1. The largest absolute Gasteiger partial charge is 0.454 e. The summed E-state index contributed by atoms with van der Waals surface area (Å²) in [5.41, 5.74) is 2.63. The second-order valence-corrected chi connectivity index (χ2v) is 11.2. The molecule has 1 aliphatic heterocycles. The molecule has 1 aromatic carbocycles. The summed E-state index contributed by atoms with van der Waals surface area (Å²) in [5, 5.41) is 0. The lowest BCUT2D eigenvalue weighted by atomic mass is 9.94. The van der Waals surface area contributed by atoms with Crippen molar-refractivity contribution in [1.82, 2.24) is 8.87 Å². The number of aromatic nitrogens is 1. The van der Waals surface area contributed by atoms with E-state index in [1.165, 1.54) is 28.6 Å². The van der Waals surface area contributed by atoms with Crippen LogP contribution in [0.4, 0.5) is 0 Å². The van der Waals surface area contributed by atoms with Gasteiger partial charge in [0.1, 0.15) is 0 Å². The molecule has 3 rings (SSSR count). The lowest BCUT2D eigenvalue weighted by Crippen LogP contribution is -2.42. The van der Waals surface area contributed by atoms with Gasteiger partial charge in [0, 0.05) is 36.6 Å². The second-order valence-electron chi connectivity index (χ2n) is 9.23. The van der Waals surface area contributed by atoms with Crippen LogP contribution in [0.2, 0.25) is 0 Å². The van der Waals surface area contributed by atoms with Crippen LogP contribution < -0.4 is 0 Å². The predicted molar refractivity (Wildman–Crippen MR) is 127 cm³/mol. The molecule has 7 nitrogen and oxygen atoms in total. The summed E-state index contributed by atoms with van der Waals surface area (Å²) in [6.07, 6.45) is 1.97. The third-order valence-corrected chi connectivity index (χ3v) is 8.06. The van der Waals surface area contributed by atoms with Crippen LogP contribution in [-0.4, -0.2) is 48.7 Å². The van der Waals surface area contributed by atoms with E-state index in [1.54, 1.807) is 0 Å². The van der Waals surface area contributed by atoms with Crippen molar-refractivity contribution in [2.75, 3.05) is 19.7 Å². The van der Waals surface area contributed by atoms with Gasteiger partial charge in [-0.15, -0.1) is 0 Å². The van der Waals surface area contributed by atoms with Crippen molar-refractivity contribution in [3.05, 3.63) is 52.8 Å². The fourth-order valence-electron chi connectivity index (χ4n) is 4.66. The minimum absolute atomic E-state index is 0.153. The summed E-state index contributed by atoms with van der Waals surface area (Å²) in [5.74, 6) is -0.301. The summed E-state index contributed by atoms with van der Waals surface area (Å²) >= 11 is 0. The molecule has 180 valence electrons. The normalized spacial score (nSPS) is 19.4.